The lowest BCUT2D eigenvalue weighted by Crippen LogP contribution is -2.39. The van der Waals surface area contributed by atoms with Crippen molar-refractivity contribution in [1.82, 2.24) is 15.6 Å². The molecule has 0 radical (unpaired) electrons. The molecule has 0 unspecified atom stereocenters. The van der Waals surface area contributed by atoms with Gasteiger partial charge in [0.05, 0.1) is 0 Å². The number of carbonyl (C=O) groups is 2. The average molecular weight is 301 g/mol. The Hall–Kier alpha value is -2.33. The molecule has 0 saturated carbocycles. The first kappa shape index (κ1) is 15.7. The van der Waals surface area contributed by atoms with Gasteiger partial charge in [-0.05, 0) is 12.1 Å². The van der Waals surface area contributed by atoms with E-state index < -0.39 is 35.8 Å². The maximum Gasteiger partial charge on any atom is 0.484 e. The van der Waals surface area contributed by atoms with E-state index in [-0.39, 0.29) is 0 Å². The Morgan fingerprint density at radius 3 is 1.50 bits per heavy atom. The number of amides is 2. The van der Waals surface area contributed by atoms with E-state index in [0.29, 0.717) is 10.6 Å². The molecule has 0 aromatic carbocycles. The van der Waals surface area contributed by atoms with E-state index in [1.165, 1.54) is 0 Å². The largest absolute Gasteiger partial charge is 0.484 e. The normalized spacial score (nSPS) is 11.9. The van der Waals surface area contributed by atoms with Crippen molar-refractivity contribution in [3.8, 4) is 0 Å². The van der Waals surface area contributed by atoms with Gasteiger partial charge in [-0.1, -0.05) is 6.07 Å². The van der Waals surface area contributed by atoms with Crippen LogP contribution in [0.3, 0.4) is 0 Å². The highest BCUT2D eigenvalue weighted by Crippen LogP contribution is 2.12. The predicted octanol–water partition coefficient (Wildman–Crippen LogP) is 1.58. The smallest absolute Gasteiger partial charge is 0.267 e. The molecular formula is C9H5F6N3O2. The first-order chi connectivity index (χ1) is 8.98. The molecule has 1 aromatic heterocycles. The van der Waals surface area contributed by atoms with Gasteiger partial charge in [-0.15, -0.1) is 0 Å². The van der Waals surface area contributed by atoms with Crippen molar-refractivity contribution in [2.24, 2.45) is 0 Å². The van der Waals surface area contributed by atoms with Gasteiger partial charge >= 0.3 is 12.6 Å². The van der Waals surface area contributed by atoms with Crippen LogP contribution in [0.15, 0.2) is 18.2 Å². The van der Waals surface area contributed by atoms with E-state index in [2.05, 4.69) is 4.98 Å². The molecule has 1 aromatic rings. The molecule has 0 saturated heterocycles. The van der Waals surface area contributed by atoms with Crippen LogP contribution >= 0.6 is 0 Å². The third kappa shape index (κ3) is 5.12. The average Bonchev–Trinajstić information content (AvgIpc) is 2.24. The highest BCUT2D eigenvalue weighted by molar-refractivity contribution is 5.96. The van der Waals surface area contributed by atoms with Gasteiger partial charge in [0.15, 0.2) is 0 Å². The molecule has 0 spiro atoms. The lowest BCUT2D eigenvalue weighted by molar-refractivity contribution is -0.147. The minimum absolute atomic E-state index is 0.594. The summed E-state index contributed by atoms with van der Waals surface area (Å²) in [7, 11) is 0. The van der Waals surface area contributed by atoms with Crippen molar-refractivity contribution in [3.63, 3.8) is 0 Å². The molecule has 11 heteroatoms. The fraction of sp³-hybridized carbons (Fsp3) is 0.222. The zero-order chi connectivity index (χ0) is 15.6. The summed E-state index contributed by atoms with van der Waals surface area (Å²) in [4.78, 5) is 25.3. The van der Waals surface area contributed by atoms with Gasteiger partial charge in [-0.2, -0.15) is 26.3 Å². The fourth-order valence-electron chi connectivity index (χ4n) is 1.07. The number of pyridine rings is 1. The van der Waals surface area contributed by atoms with Crippen LogP contribution in [0.4, 0.5) is 26.3 Å². The van der Waals surface area contributed by atoms with Gasteiger partial charge < -0.3 is 0 Å². The summed E-state index contributed by atoms with van der Waals surface area (Å²) in [5, 5.41) is 1.19. The minimum Gasteiger partial charge on any atom is -0.267 e. The number of nitrogens with one attached hydrogen (secondary N) is 2. The molecule has 0 aliphatic carbocycles. The summed E-state index contributed by atoms with van der Waals surface area (Å²) >= 11 is 0. The maximum absolute atomic E-state index is 11.9. The number of alkyl halides is 6. The Labute approximate surface area is 107 Å². The van der Waals surface area contributed by atoms with Gasteiger partial charge in [-0.25, -0.2) is 4.98 Å². The van der Waals surface area contributed by atoms with Crippen molar-refractivity contribution in [2.75, 3.05) is 0 Å². The summed E-state index contributed by atoms with van der Waals surface area (Å²) < 4.78 is 71.3. The van der Waals surface area contributed by atoms with E-state index in [4.69, 9.17) is 0 Å². The van der Waals surface area contributed by atoms with E-state index in [1.54, 1.807) is 0 Å². The number of hydrogen-bond acceptors (Lipinski definition) is 3. The zero-order valence-corrected chi connectivity index (χ0v) is 9.26. The summed E-state index contributed by atoms with van der Waals surface area (Å²) in [6.07, 6.45) is -10.0. The summed E-state index contributed by atoms with van der Waals surface area (Å²) in [5.41, 5.74) is -1.70. The highest BCUT2D eigenvalue weighted by Gasteiger charge is 2.33. The van der Waals surface area contributed by atoms with Crippen molar-refractivity contribution in [1.29, 1.82) is 0 Å². The Morgan fingerprint density at radius 1 is 0.850 bits per heavy atom. The van der Waals surface area contributed by atoms with Crippen LogP contribution in [-0.4, -0.2) is 29.4 Å². The molecule has 0 aliphatic rings. The SMILES string of the molecule is O=C(NC(F)(F)F)c1cccc(C(=O)NC(F)(F)F)n1. The second kappa shape index (κ2) is 5.35. The molecular weight excluding hydrogens is 296 g/mol. The van der Waals surface area contributed by atoms with Crippen LogP contribution in [0, 0.1) is 0 Å². The topological polar surface area (TPSA) is 71.1 Å². The first-order valence-electron chi connectivity index (χ1n) is 4.73. The Bertz CT molecular complexity index is 482. The number of halogens is 6. The van der Waals surface area contributed by atoms with Gasteiger partial charge in [0.1, 0.15) is 11.4 Å². The molecule has 110 valence electrons. The Balaban J connectivity index is 2.91. The molecule has 20 heavy (non-hydrogen) atoms. The van der Waals surface area contributed by atoms with E-state index in [9.17, 15) is 35.9 Å². The molecule has 0 atom stereocenters. The fourth-order valence-corrected chi connectivity index (χ4v) is 1.07. The van der Waals surface area contributed by atoms with Crippen LogP contribution in [0.1, 0.15) is 21.0 Å². The van der Waals surface area contributed by atoms with E-state index in [0.717, 1.165) is 18.2 Å². The number of carbonyl (C=O) groups excluding carboxylic acids is 2. The predicted molar refractivity (Wildman–Crippen MR) is 51.3 cm³/mol. The third-order valence-electron chi connectivity index (χ3n) is 1.72. The minimum atomic E-state index is -5.02. The molecule has 0 bridgehead atoms. The third-order valence-corrected chi connectivity index (χ3v) is 1.72. The van der Waals surface area contributed by atoms with Crippen molar-refractivity contribution < 1.29 is 35.9 Å². The molecule has 0 aliphatic heterocycles. The van der Waals surface area contributed by atoms with Gasteiger partial charge in [0, 0.05) is 0 Å². The second-order valence-corrected chi connectivity index (χ2v) is 3.31. The van der Waals surface area contributed by atoms with Crippen LogP contribution in [0.2, 0.25) is 0 Å². The lowest BCUT2D eigenvalue weighted by atomic mass is 10.3. The van der Waals surface area contributed by atoms with Crippen molar-refractivity contribution >= 4 is 11.8 Å². The van der Waals surface area contributed by atoms with Crippen molar-refractivity contribution in [3.05, 3.63) is 29.6 Å². The van der Waals surface area contributed by atoms with E-state index >= 15 is 0 Å². The number of hydrogen-bond donors (Lipinski definition) is 2. The highest BCUT2D eigenvalue weighted by atomic mass is 19.4. The van der Waals surface area contributed by atoms with Gasteiger partial charge in [-0.3, -0.25) is 20.2 Å². The molecule has 5 nitrogen and oxygen atoms in total. The standard InChI is InChI=1S/C9H5F6N3O2/c10-8(11,12)17-6(19)4-2-1-3-5(16-4)7(20)18-9(13,14)15/h1-3H,(H,17,19)(H,18,20). The molecule has 1 heterocycles. The quantitative estimate of drug-likeness (QED) is 0.643. The Morgan fingerprint density at radius 2 is 1.20 bits per heavy atom. The number of aromatic nitrogens is 1. The van der Waals surface area contributed by atoms with Gasteiger partial charge in [0.25, 0.3) is 11.8 Å². The maximum atomic E-state index is 11.9. The Kier molecular flexibility index (Phi) is 4.20. The molecule has 2 N–H and O–H groups in total. The monoisotopic (exact) mass is 301 g/mol. The lowest BCUT2D eigenvalue weighted by Gasteiger charge is -2.10. The second-order valence-electron chi connectivity index (χ2n) is 3.31. The van der Waals surface area contributed by atoms with Gasteiger partial charge in [0.2, 0.25) is 0 Å². The summed E-state index contributed by atoms with van der Waals surface area (Å²) in [5.74, 6) is -3.39. The summed E-state index contributed by atoms with van der Waals surface area (Å²) in [6, 6.07) is 2.54. The van der Waals surface area contributed by atoms with Crippen molar-refractivity contribution in [2.45, 2.75) is 12.6 Å². The zero-order valence-electron chi connectivity index (χ0n) is 9.26. The summed E-state index contributed by atoms with van der Waals surface area (Å²) in [6.45, 7) is 0. The van der Waals surface area contributed by atoms with E-state index in [1.807, 2.05) is 0 Å². The van der Waals surface area contributed by atoms with Crippen LogP contribution in [0.25, 0.3) is 0 Å². The molecule has 1 rings (SSSR count). The van der Waals surface area contributed by atoms with Crippen LogP contribution < -0.4 is 10.6 Å². The first-order valence-corrected chi connectivity index (χ1v) is 4.73. The number of rotatable bonds is 2. The number of nitrogens with zero attached hydrogens (tertiary/aromatic N) is 1. The van der Waals surface area contributed by atoms with Crippen LogP contribution in [0.5, 0.6) is 0 Å². The van der Waals surface area contributed by atoms with Crippen LogP contribution in [-0.2, 0) is 0 Å². The molecule has 0 fully saturated rings. The molecule has 2 amide bonds.